The fraction of sp³-hybridized carbons (Fsp3) is 0.200. The average Bonchev–Trinajstić information content (AvgIpc) is 2.40. The molecule has 0 aliphatic heterocycles. The molecule has 4 heteroatoms. The van der Waals surface area contributed by atoms with Gasteiger partial charge in [-0.05, 0) is 42.8 Å². The molecule has 0 bridgehead atoms. The van der Waals surface area contributed by atoms with Crippen LogP contribution in [0.15, 0.2) is 46.9 Å². The molecule has 0 amide bonds. The van der Waals surface area contributed by atoms with Crippen molar-refractivity contribution in [3.8, 4) is 17.2 Å². The number of nitrogens with two attached hydrogens (primary N) is 1. The molecule has 2 N–H and O–H groups in total. The summed E-state index contributed by atoms with van der Waals surface area (Å²) in [7, 11) is 0. The molecular weight excluding hydrogens is 306 g/mol. The average molecular weight is 322 g/mol. The van der Waals surface area contributed by atoms with Crippen LogP contribution in [-0.2, 0) is 6.54 Å². The highest BCUT2D eigenvalue weighted by molar-refractivity contribution is 9.10. The Balaban J connectivity index is 2.28. The third-order valence-electron chi connectivity index (χ3n) is 2.54. The highest BCUT2D eigenvalue weighted by Crippen LogP contribution is 2.32. The summed E-state index contributed by atoms with van der Waals surface area (Å²) in [6.07, 6.45) is 0. The van der Waals surface area contributed by atoms with Gasteiger partial charge in [0.05, 0.1) is 6.61 Å². The predicted molar refractivity (Wildman–Crippen MR) is 79.7 cm³/mol. The van der Waals surface area contributed by atoms with Crippen molar-refractivity contribution in [2.75, 3.05) is 6.61 Å². The smallest absolute Gasteiger partial charge is 0.169 e. The van der Waals surface area contributed by atoms with E-state index in [0.29, 0.717) is 18.9 Å². The summed E-state index contributed by atoms with van der Waals surface area (Å²) in [5.74, 6) is 2.17. The lowest BCUT2D eigenvalue weighted by Gasteiger charge is -2.12. The largest absolute Gasteiger partial charge is 0.490 e. The van der Waals surface area contributed by atoms with E-state index in [2.05, 4.69) is 15.9 Å². The first kappa shape index (κ1) is 13.9. The van der Waals surface area contributed by atoms with E-state index < -0.39 is 0 Å². The highest BCUT2D eigenvalue weighted by atomic mass is 79.9. The zero-order chi connectivity index (χ0) is 13.7. The lowest BCUT2D eigenvalue weighted by atomic mass is 10.2. The molecule has 0 unspecified atom stereocenters. The summed E-state index contributed by atoms with van der Waals surface area (Å²) in [4.78, 5) is 0. The maximum atomic E-state index is 5.87. The first-order chi connectivity index (χ1) is 9.22. The van der Waals surface area contributed by atoms with Gasteiger partial charge in [-0.15, -0.1) is 0 Å². The summed E-state index contributed by atoms with van der Waals surface area (Å²) in [6, 6.07) is 13.4. The van der Waals surface area contributed by atoms with Gasteiger partial charge >= 0.3 is 0 Å². The van der Waals surface area contributed by atoms with Crippen molar-refractivity contribution in [3.63, 3.8) is 0 Å². The van der Waals surface area contributed by atoms with Gasteiger partial charge in [0.15, 0.2) is 11.5 Å². The second kappa shape index (κ2) is 6.59. The Morgan fingerprint density at radius 1 is 1.11 bits per heavy atom. The molecule has 0 radical (unpaired) electrons. The molecule has 0 aliphatic rings. The number of rotatable bonds is 5. The van der Waals surface area contributed by atoms with Crippen LogP contribution in [0.1, 0.15) is 12.5 Å². The highest BCUT2D eigenvalue weighted by Gasteiger charge is 2.06. The van der Waals surface area contributed by atoms with Gasteiger partial charge in [-0.2, -0.15) is 0 Å². The van der Waals surface area contributed by atoms with Crippen LogP contribution < -0.4 is 15.2 Å². The van der Waals surface area contributed by atoms with Gasteiger partial charge in [-0.25, -0.2) is 0 Å². The molecule has 100 valence electrons. The number of hydrogen-bond donors (Lipinski definition) is 1. The molecule has 19 heavy (non-hydrogen) atoms. The summed E-state index contributed by atoms with van der Waals surface area (Å²) in [6.45, 7) is 3.03. The fourth-order valence-corrected chi connectivity index (χ4v) is 2.25. The Hall–Kier alpha value is -1.52. The number of ether oxygens (including phenoxy) is 2. The van der Waals surface area contributed by atoms with Gasteiger partial charge in [0.2, 0.25) is 0 Å². The molecule has 0 fully saturated rings. The van der Waals surface area contributed by atoms with E-state index in [1.807, 2.05) is 49.4 Å². The quantitative estimate of drug-likeness (QED) is 0.901. The van der Waals surface area contributed by atoms with E-state index >= 15 is 0 Å². The number of halogens is 1. The first-order valence-electron chi connectivity index (χ1n) is 6.12. The van der Waals surface area contributed by atoms with Gasteiger partial charge in [0.1, 0.15) is 5.75 Å². The van der Waals surface area contributed by atoms with E-state index in [-0.39, 0.29) is 0 Å². The molecule has 0 aliphatic carbocycles. The molecule has 3 nitrogen and oxygen atoms in total. The van der Waals surface area contributed by atoms with Crippen molar-refractivity contribution in [3.05, 3.63) is 52.5 Å². The van der Waals surface area contributed by atoms with Crippen LogP contribution >= 0.6 is 15.9 Å². The standard InChI is InChI=1S/C15H16BrNO2/c1-2-18-14-5-3-4-6-15(14)19-13-8-11(10-17)7-12(16)9-13/h3-9H,2,10,17H2,1H3. The Kier molecular flexibility index (Phi) is 4.82. The van der Waals surface area contributed by atoms with Gasteiger partial charge < -0.3 is 15.2 Å². The third kappa shape index (κ3) is 3.72. The summed E-state index contributed by atoms with van der Waals surface area (Å²) < 4.78 is 12.4. The van der Waals surface area contributed by atoms with Crippen molar-refractivity contribution in [1.29, 1.82) is 0 Å². The lowest BCUT2D eigenvalue weighted by molar-refractivity contribution is 0.321. The van der Waals surface area contributed by atoms with Crippen molar-refractivity contribution >= 4 is 15.9 Å². The van der Waals surface area contributed by atoms with Gasteiger partial charge in [-0.3, -0.25) is 0 Å². The molecule has 2 aromatic rings. The fourth-order valence-electron chi connectivity index (χ4n) is 1.73. The molecule has 2 aromatic carbocycles. The normalized spacial score (nSPS) is 10.3. The van der Waals surface area contributed by atoms with Crippen molar-refractivity contribution in [2.45, 2.75) is 13.5 Å². The minimum atomic E-state index is 0.475. The molecule has 0 saturated heterocycles. The molecule has 2 rings (SSSR count). The Bertz CT molecular complexity index is 558. The first-order valence-corrected chi connectivity index (χ1v) is 6.91. The van der Waals surface area contributed by atoms with E-state index in [0.717, 1.165) is 21.5 Å². The number of benzene rings is 2. The maximum absolute atomic E-state index is 5.87. The summed E-state index contributed by atoms with van der Waals surface area (Å²) >= 11 is 3.45. The minimum absolute atomic E-state index is 0.475. The zero-order valence-corrected chi connectivity index (χ0v) is 12.3. The van der Waals surface area contributed by atoms with Crippen LogP contribution in [0.2, 0.25) is 0 Å². The summed E-state index contributed by atoms with van der Waals surface area (Å²) in [5.41, 5.74) is 6.67. The number of hydrogen-bond acceptors (Lipinski definition) is 3. The SMILES string of the molecule is CCOc1ccccc1Oc1cc(Br)cc(CN)c1. The molecule has 0 heterocycles. The summed E-state index contributed by atoms with van der Waals surface area (Å²) in [5, 5.41) is 0. The minimum Gasteiger partial charge on any atom is -0.490 e. The van der Waals surface area contributed by atoms with Crippen molar-refractivity contribution in [2.24, 2.45) is 5.73 Å². The third-order valence-corrected chi connectivity index (χ3v) is 3.00. The van der Waals surface area contributed by atoms with Gasteiger partial charge in [-0.1, -0.05) is 28.1 Å². The van der Waals surface area contributed by atoms with E-state index in [1.54, 1.807) is 0 Å². The van der Waals surface area contributed by atoms with E-state index in [9.17, 15) is 0 Å². The lowest BCUT2D eigenvalue weighted by Crippen LogP contribution is -1.98. The monoisotopic (exact) mass is 321 g/mol. The van der Waals surface area contributed by atoms with E-state index in [1.165, 1.54) is 0 Å². The molecule has 0 spiro atoms. The van der Waals surface area contributed by atoms with Crippen molar-refractivity contribution in [1.82, 2.24) is 0 Å². The van der Waals surface area contributed by atoms with Crippen LogP contribution in [0.25, 0.3) is 0 Å². The van der Waals surface area contributed by atoms with Gasteiger partial charge in [0, 0.05) is 11.0 Å². The predicted octanol–water partition coefficient (Wildman–Crippen LogP) is 4.10. The molecule has 0 atom stereocenters. The second-order valence-electron chi connectivity index (χ2n) is 3.98. The molecule has 0 aromatic heterocycles. The zero-order valence-electron chi connectivity index (χ0n) is 10.7. The Morgan fingerprint density at radius 2 is 1.84 bits per heavy atom. The van der Waals surface area contributed by atoms with Crippen LogP contribution in [0.3, 0.4) is 0 Å². The van der Waals surface area contributed by atoms with Crippen LogP contribution in [0.5, 0.6) is 17.2 Å². The Labute approximate surface area is 121 Å². The van der Waals surface area contributed by atoms with Crippen molar-refractivity contribution < 1.29 is 9.47 Å². The van der Waals surface area contributed by atoms with Crippen LogP contribution in [0.4, 0.5) is 0 Å². The van der Waals surface area contributed by atoms with E-state index in [4.69, 9.17) is 15.2 Å². The number of para-hydroxylation sites is 2. The molecular formula is C15H16BrNO2. The van der Waals surface area contributed by atoms with Crippen LogP contribution in [0, 0.1) is 0 Å². The van der Waals surface area contributed by atoms with Crippen LogP contribution in [-0.4, -0.2) is 6.61 Å². The Morgan fingerprint density at radius 3 is 2.53 bits per heavy atom. The van der Waals surface area contributed by atoms with Gasteiger partial charge in [0.25, 0.3) is 0 Å². The molecule has 0 saturated carbocycles. The topological polar surface area (TPSA) is 44.5 Å². The second-order valence-corrected chi connectivity index (χ2v) is 4.90. The maximum Gasteiger partial charge on any atom is 0.169 e.